The van der Waals surface area contributed by atoms with Crippen molar-refractivity contribution in [2.45, 2.75) is 13.8 Å². The van der Waals surface area contributed by atoms with Gasteiger partial charge in [-0.2, -0.15) is 0 Å². The molecule has 3 aromatic carbocycles. The minimum atomic E-state index is -0.0615. The Bertz CT molecular complexity index is 1220. The fourth-order valence-corrected chi connectivity index (χ4v) is 3.58. The predicted molar refractivity (Wildman–Crippen MR) is 123 cm³/mol. The normalized spacial score (nSPS) is 11.5. The summed E-state index contributed by atoms with van der Waals surface area (Å²) in [4.78, 5) is 16.3. The van der Waals surface area contributed by atoms with Gasteiger partial charge in [-0.3, -0.25) is 4.79 Å². The Hall–Kier alpha value is -3.79. The molecule has 0 aliphatic rings. The molecule has 2 N–H and O–H groups in total. The number of ketones is 1. The fraction of sp³-hybridized carbons (Fsp3) is 0.115. The van der Waals surface area contributed by atoms with E-state index in [-0.39, 0.29) is 5.78 Å². The van der Waals surface area contributed by atoms with Crippen LogP contribution in [0.15, 0.2) is 78.9 Å². The monoisotopic (exact) mass is 396 g/mol. The van der Waals surface area contributed by atoms with Gasteiger partial charge in [-0.05, 0) is 31.0 Å². The van der Waals surface area contributed by atoms with E-state index in [0.717, 1.165) is 33.6 Å². The smallest absolute Gasteiger partial charge is 0.187 e. The van der Waals surface area contributed by atoms with Crippen LogP contribution in [0.4, 0.5) is 5.69 Å². The second-order valence-electron chi connectivity index (χ2n) is 7.22. The van der Waals surface area contributed by atoms with E-state index >= 15 is 0 Å². The van der Waals surface area contributed by atoms with Crippen molar-refractivity contribution in [3.63, 3.8) is 0 Å². The van der Waals surface area contributed by atoms with Crippen molar-refractivity contribution >= 4 is 28.1 Å². The van der Waals surface area contributed by atoms with Gasteiger partial charge in [-0.15, -0.1) is 0 Å². The van der Waals surface area contributed by atoms with Gasteiger partial charge in [0.1, 0.15) is 0 Å². The van der Waals surface area contributed by atoms with Crippen molar-refractivity contribution in [1.29, 1.82) is 0 Å². The molecular weight excluding hydrogens is 372 g/mol. The maximum absolute atomic E-state index is 12.9. The van der Waals surface area contributed by atoms with Gasteiger partial charge in [0.2, 0.25) is 0 Å². The minimum Gasteiger partial charge on any atom is -0.492 e. The molecule has 0 spiro atoms. The van der Waals surface area contributed by atoms with E-state index in [2.05, 4.69) is 30.2 Å². The van der Waals surface area contributed by atoms with E-state index in [1.165, 1.54) is 5.56 Å². The van der Waals surface area contributed by atoms with Crippen molar-refractivity contribution < 1.29 is 9.53 Å². The molecule has 1 heterocycles. The number of nitrogens with one attached hydrogen (secondary N) is 2. The first-order valence-corrected chi connectivity index (χ1v) is 9.88. The molecule has 4 aromatic rings. The van der Waals surface area contributed by atoms with E-state index in [9.17, 15) is 4.79 Å². The number of carbonyl (C=O) groups is 1. The number of H-pyrrole nitrogens is 1. The van der Waals surface area contributed by atoms with Gasteiger partial charge in [0.25, 0.3) is 0 Å². The van der Waals surface area contributed by atoms with Crippen molar-refractivity contribution in [3.05, 3.63) is 101 Å². The zero-order valence-electron chi connectivity index (χ0n) is 17.3. The molecule has 4 heteroatoms. The number of hydrogen-bond acceptors (Lipinski definition) is 3. The molecule has 0 atom stereocenters. The molecule has 0 aliphatic carbocycles. The number of fused-ring (bicyclic) bond motifs is 1. The van der Waals surface area contributed by atoms with Gasteiger partial charge in [-0.25, -0.2) is 0 Å². The molecule has 0 amide bonds. The molecule has 0 saturated heterocycles. The Morgan fingerprint density at radius 1 is 0.900 bits per heavy atom. The number of benzene rings is 3. The van der Waals surface area contributed by atoms with Crippen LogP contribution in [0.1, 0.15) is 27.2 Å². The Morgan fingerprint density at radius 2 is 1.53 bits per heavy atom. The second-order valence-corrected chi connectivity index (χ2v) is 7.22. The van der Waals surface area contributed by atoms with Crippen LogP contribution in [-0.2, 0) is 0 Å². The topological polar surface area (TPSA) is 54.1 Å². The van der Waals surface area contributed by atoms with E-state index in [1.54, 1.807) is 13.2 Å². The molecule has 0 fully saturated rings. The van der Waals surface area contributed by atoms with Crippen LogP contribution in [0, 0.1) is 13.8 Å². The minimum absolute atomic E-state index is 0.0615. The van der Waals surface area contributed by atoms with Crippen LogP contribution < -0.4 is 10.1 Å². The van der Waals surface area contributed by atoms with E-state index < -0.39 is 0 Å². The van der Waals surface area contributed by atoms with Gasteiger partial charge >= 0.3 is 0 Å². The summed E-state index contributed by atoms with van der Waals surface area (Å²) in [6.07, 6.45) is 1.64. The van der Waals surface area contributed by atoms with Crippen LogP contribution in [0.2, 0.25) is 0 Å². The number of aromatic amines is 1. The average Bonchev–Trinajstić information content (AvgIpc) is 3.08. The summed E-state index contributed by atoms with van der Waals surface area (Å²) in [6.45, 7) is 4.14. The van der Waals surface area contributed by atoms with Gasteiger partial charge in [0.05, 0.1) is 18.3 Å². The third kappa shape index (κ3) is 3.72. The van der Waals surface area contributed by atoms with Crippen LogP contribution >= 0.6 is 0 Å². The van der Waals surface area contributed by atoms with Crippen molar-refractivity contribution in [2.24, 2.45) is 0 Å². The summed E-state index contributed by atoms with van der Waals surface area (Å²) in [5.41, 5.74) is 6.32. The predicted octanol–water partition coefficient (Wildman–Crippen LogP) is 6.13. The third-order valence-electron chi connectivity index (χ3n) is 5.33. The number of aryl methyl sites for hydroxylation is 2. The number of anilines is 1. The molecule has 4 rings (SSSR count). The summed E-state index contributed by atoms with van der Waals surface area (Å²) in [5, 5.41) is 4.56. The van der Waals surface area contributed by atoms with E-state index in [0.29, 0.717) is 11.3 Å². The highest BCUT2D eigenvalue weighted by Gasteiger charge is 2.15. The number of ether oxygens (including phenoxy) is 1. The lowest BCUT2D eigenvalue weighted by Crippen LogP contribution is -2.05. The van der Waals surface area contributed by atoms with Crippen molar-refractivity contribution in [1.82, 2.24) is 4.98 Å². The molecule has 0 saturated carbocycles. The lowest BCUT2D eigenvalue weighted by atomic mass is 10.1. The first kappa shape index (κ1) is 19.5. The van der Waals surface area contributed by atoms with Crippen LogP contribution in [0.5, 0.6) is 5.75 Å². The molecule has 4 nitrogen and oxygen atoms in total. The highest BCUT2D eigenvalue weighted by Crippen LogP contribution is 2.37. The number of methoxy groups -OCH3 is 1. The van der Waals surface area contributed by atoms with Gasteiger partial charge < -0.3 is 15.0 Å². The highest BCUT2D eigenvalue weighted by molar-refractivity contribution is 6.10. The summed E-state index contributed by atoms with van der Waals surface area (Å²) >= 11 is 0. The zero-order chi connectivity index (χ0) is 21.1. The number of carbonyl (C=O) groups excluding carboxylic acids is 1. The molecule has 30 heavy (non-hydrogen) atoms. The first-order valence-electron chi connectivity index (χ1n) is 9.88. The molecule has 0 radical (unpaired) electrons. The quantitative estimate of drug-likeness (QED) is 0.304. The van der Waals surface area contributed by atoms with E-state index in [4.69, 9.17) is 4.74 Å². The summed E-state index contributed by atoms with van der Waals surface area (Å²) in [6, 6.07) is 23.1. The zero-order valence-corrected chi connectivity index (χ0v) is 17.3. The molecular formula is C26H24N2O2. The maximum atomic E-state index is 12.9. The fourth-order valence-electron chi connectivity index (χ4n) is 3.58. The molecule has 0 aliphatic heterocycles. The Kier molecular flexibility index (Phi) is 5.40. The van der Waals surface area contributed by atoms with Gasteiger partial charge in [0.15, 0.2) is 11.5 Å². The largest absolute Gasteiger partial charge is 0.492 e. The van der Waals surface area contributed by atoms with Crippen LogP contribution in [-0.4, -0.2) is 17.9 Å². The van der Waals surface area contributed by atoms with Crippen LogP contribution in [0.3, 0.4) is 0 Å². The lowest BCUT2D eigenvalue weighted by Gasteiger charge is -2.15. The number of allylic oxidation sites excluding steroid dienone is 1. The Labute approximate surface area is 176 Å². The van der Waals surface area contributed by atoms with Gasteiger partial charge in [0, 0.05) is 28.4 Å². The number of hydrogen-bond donors (Lipinski definition) is 2. The second kappa shape index (κ2) is 8.29. The Balaban J connectivity index is 1.79. The standard InChI is InChI=1S/C26H24N2O2/c1-17-18(2)27-25-21(17)14-15-22(26(25)30-3)28-23(19-10-6-4-7-11-19)16-24(29)20-12-8-5-9-13-20/h4-16,27-28H,1-3H3/b23-16+. The summed E-state index contributed by atoms with van der Waals surface area (Å²) < 4.78 is 5.75. The van der Waals surface area contributed by atoms with Gasteiger partial charge in [-0.1, -0.05) is 66.7 Å². The SMILES string of the molecule is COc1c(N/C(=C/C(=O)c2ccccc2)c2ccccc2)ccc2c(C)c(C)[nH]c12. The van der Waals surface area contributed by atoms with Crippen molar-refractivity contribution in [3.8, 4) is 5.75 Å². The molecule has 0 unspecified atom stereocenters. The van der Waals surface area contributed by atoms with Crippen molar-refractivity contribution in [2.75, 3.05) is 12.4 Å². The highest BCUT2D eigenvalue weighted by atomic mass is 16.5. The average molecular weight is 396 g/mol. The molecule has 150 valence electrons. The lowest BCUT2D eigenvalue weighted by molar-refractivity contribution is 0.104. The maximum Gasteiger partial charge on any atom is 0.187 e. The number of aromatic nitrogens is 1. The molecule has 1 aromatic heterocycles. The van der Waals surface area contributed by atoms with E-state index in [1.807, 2.05) is 66.7 Å². The summed E-state index contributed by atoms with van der Waals surface area (Å²) in [5.74, 6) is 0.659. The summed E-state index contributed by atoms with van der Waals surface area (Å²) in [7, 11) is 1.66. The number of rotatable bonds is 6. The first-order chi connectivity index (χ1) is 14.6. The molecule has 0 bridgehead atoms. The Morgan fingerprint density at radius 3 is 2.17 bits per heavy atom. The third-order valence-corrected chi connectivity index (χ3v) is 5.33. The van der Waals surface area contributed by atoms with Crippen LogP contribution in [0.25, 0.3) is 16.6 Å².